The number of rotatable bonds is 3. The molecule has 0 saturated heterocycles. The number of nitrogens with one attached hydrogen (secondary N) is 2. The number of benzene rings is 3. The van der Waals surface area contributed by atoms with Crippen molar-refractivity contribution >= 4 is 28.2 Å². The smallest absolute Gasteiger partial charge is 0.363 e. The molecule has 8 heteroatoms. The summed E-state index contributed by atoms with van der Waals surface area (Å²) >= 11 is 0. The first-order valence-electron chi connectivity index (χ1n) is 10.6. The highest BCUT2D eigenvalue weighted by Crippen LogP contribution is 2.44. The first kappa shape index (κ1) is 21.1. The number of aryl methyl sites for hydroxylation is 1. The SMILES string of the molecule is Cc1ccc([C@@H]2C[C@@H](C(F)(F)F)n3ncc(C(=O)Nc4cccc5ccccc45)c3N2)cc1. The molecular formula is C25H21F3N4O. The van der Waals surface area contributed by atoms with E-state index in [2.05, 4.69) is 15.7 Å². The Hall–Kier alpha value is -3.81. The van der Waals surface area contributed by atoms with Crippen molar-refractivity contribution in [2.45, 2.75) is 31.6 Å². The number of fused-ring (bicyclic) bond motifs is 2. The fraction of sp³-hybridized carbons (Fsp3) is 0.200. The van der Waals surface area contributed by atoms with Crippen LogP contribution in [0.15, 0.2) is 72.9 Å². The summed E-state index contributed by atoms with van der Waals surface area (Å²) < 4.78 is 42.6. The Bertz CT molecular complexity index is 1320. The van der Waals surface area contributed by atoms with Gasteiger partial charge in [0.2, 0.25) is 0 Å². The van der Waals surface area contributed by atoms with Crippen molar-refractivity contribution in [3.05, 3.63) is 89.6 Å². The first-order chi connectivity index (χ1) is 15.8. The summed E-state index contributed by atoms with van der Waals surface area (Å²) in [4.78, 5) is 13.1. The van der Waals surface area contributed by atoms with E-state index in [0.717, 1.165) is 26.6 Å². The molecule has 0 bridgehead atoms. The molecule has 1 aliphatic heterocycles. The number of anilines is 2. The molecule has 5 nitrogen and oxygen atoms in total. The van der Waals surface area contributed by atoms with Gasteiger partial charge in [-0.1, -0.05) is 66.2 Å². The van der Waals surface area contributed by atoms with Crippen molar-refractivity contribution < 1.29 is 18.0 Å². The van der Waals surface area contributed by atoms with Crippen LogP contribution in [0, 0.1) is 6.92 Å². The van der Waals surface area contributed by atoms with Gasteiger partial charge in [0.05, 0.1) is 12.2 Å². The average Bonchev–Trinajstić information content (AvgIpc) is 3.22. The Morgan fingerprint density at radius 2 is 1.79 bits per heavy atom. The third-order valence-corrected chi connectivity index (χ3v) is 6.00. The molecule has 4 aromatic rings. The summed E-state index contributed by atoms with van der Waals surface area (Å²) in [6.45, 7) is 1.92. The van der Waals surface area contributed by atoms with E-state index in [1.807, 2.05) is 67.6 Å². The minimum Gasteiger partial charge on any atom is -0.363 e. The molecule has 0 fully saturated rings. The Morgan fingerprint density at radius 3 is 2.55 bits per heavy atom. The highest BCUT2D eigenvalue weighted by Gasteiger charge is 2.47. The van der Waals surface area contributed by atoms with E-state index in [0.29, 0.717) is 5.69 Å². The van der Waals surface area contributed by atoms with Gasteiger partial charge >= 0.3 is 6.18 Å². The number of halogens is 3. The van der Waals surface area contributed by atoms with Gasteiger partial charge in [0.1, 0.15) is 11.4 Å². The Balaban J connectivity index is 1.51. The van der Waals surface area contributed by atoms with Crippen LogP contribution in [0.4, 0.5) is 24.7 Å². The van der Waals surface area contributed by atoms with Crippen molar-refractivity contribution in [3.63, 3.8) is 0 Å². The van der Waals surface area contributed by atoms with Gasteiger partial charge in [-0.05, 0) is 23.9 Å². The fourth-order valence-electron chi connectivity index (χ4n) is 4.27. The van der Waals surface area contributed by atoms with Gasteiger partial charge in [0.25, 0.3) is 5.91 Å². The average molecular weight is 450 g/mol. The second kappa shape index (κ2) is 7.95. The van der Waals surface area contributed by atoms with Gasteiger partial charge < -0.3 is 10.6 Å². The molecule has 2 N–H and O–H groups in total. The topological polar surface area (TPSA) is 59.0 Å². The molecule has 0 spiro atoms. The number of hydrogen-bond acceptors (Lipinski definition) is 3. The molecular weight excluding hydrogens is 429 g/mol. The maximum absolute atomic E-state index is 13.9. The van der Waals surface area contributed by atoms with E-state index < -0.39 is 24.2 Å². The summed E-state index contributed by atoms with van der Waals surface area (Å²) in [6.07, 6.45) is -3.53. The fourth-order valence-corrected chi connectivity index (χ4v) is 4.27. The molecule has 2 heterocycles. The van der Waals surface area contributed by atoms with E-state index in [1.165, 1.54) is 6.20 Å². The van der Waals surface area contributed by atoms with Crippen molar-refractivity contribution in [1.29, 1.82) is 0 Å². The number of carbonyl (C=O) groups is 1. The van der Waals surface area contributed by atoms with Crippen molar-refractivity contribution in [1.82, 2.24) is 9.78 Å². The third-order valence-electron chi connectivity index (χ3n) is 6.00. The molecule has 0 aliphatic carbocycles. The van der Waals surface area contributed by atoms with Crippen molar-refractivity contribution in [2.75, 3.05) is 10.6 Å². The summed E-state index contributed by atoms with van der Waals surface area (Å²) in [5.74, 6) is -0.461. The van der Waals surface area contributed by atoms with Gasteiger partial charge in [0.15, 0.2) is 6.04 Å². The molecule has 0 radical (unpaired) electrons. The van der Waals surface area contributed by atoms with Gasteiger partial charge in [-0.25, -0.2) is 4.68 Å². The predicted molar refractivity (Wildman–Crippen MR) is 121 cm³/mol. The zero-order valence-corrected chi connectivity index (χ0v) is 17.7. The lowest BCUT2D eigenvalue weighted by Crippen LogP contribution is -2.36. The predicted octanol–water partition coefficient (Wildman–Crippen LogP) is 6.26. The van der Waals surface area contributed by atoms with Gasteiger partial charge in [-0.3, -0.25) is 4.79 Å². The molecule has 1 amide bonds. The second-order valence-corrected chi connectivity index (χ2v) is 8.23. The molecule has 1 aliphatic rings. The minimum absolute atomic E-state index is 0.0619. The molecule has 33 heavy (non-hydrogen) atoms. The standard InChI is InChI=1S/C25H21F3N4O/c1-15-9-11-17(12-10-15)21-13-22(25(26,27)28)32-23(30-21)19(14-29-32)24(33)31-20-8-4-6-16-5-2-3-7-18(16)20/h2-12,14,21-22,30H,13H2,1H3,(H,31,33)/t21-,22-/m0/s1. The van der Waals surface area contributed by atoms with Crippen LogP contribution in [0.25, 0.3) is 10.8 Å². The number of alkyl halides is 3. The number of carbonyl (C=O) groups excluding carboxylic acids is 1. The lowest BCUT2D eigenvalue weighted by molar-refractivity contribution is -0.173. The Kier molecular flexibility index (Phi) is 5.08. The second-order valence-electron chi connectivity index (χ2n) is 8.23. The Labute approximate surface area is 188 Å². The van der Waals surface area contributed by atoms with Gasteiger partial charge in [0, 0.05) is 17.5 Å². The molecule has 1 aromatic heterocycles. The van der Waals surface area contributed by atoms with Crippen LogP contribution < -0.4 is 10.6 Å². The van der Waals surface area contributed by atoms with Crippen LogP contribution in [0.2, 0.25) is 0 Å². The normalized spacial score (nSPS) is 17.9. The zero-order valence-electron chi connectivity index (χ0n) is 17.7. The molecule has 5 rings (SSSR count). The Morgan fingerprint density at radius 1 is 1.06 bits per heavy atom. The van der Waals surface area contributed by atoms with E-state index in [9.17, 15) is 18.0 Å². The van der Waals surface area contributed by atoms with E-state index >= 15 is 0 Å². The van der Waals surface area contributed by atoms with E-state index in [-0.39, 0.29) is 17.8 Å². The monoisotopic (exact) mass is 450 g/mol. The molecule has 168 valence electrons. The van der Waals surface area contributed by atoms with Gasteiger partial charge in [-0.15, -0.1) is 0 Å². The number of aromatic nitrogens is 2. The highest BCUT2D eigenvalue weighted by molar-refractivity contribution is 6.11. The minimum atomic E-state index is -4.50. The van der Waals surface area contributed by atoms with Crippen LogP contribution in [0.5, 0.6) is 0 Å². The third kappa shape index (κ3) is 3.92. The quantitative estimate of drug-likeness (QED) is 0.388. The van der Waals surface area contributed by atoms with Crippen LogP contribution in [0.1, 0.15) is 40.0 Å². The van der Waals surface area contributed by atoms with Gasteiger partial charge in [-0.2, -0.15) is 18.3 Å². The first-order valence-corrected chi connectivity index (χ1v) is 10.6. The van der Waals surface area contributed by atoms with Crippen LogP contribution in [0.3, 0.4) is 0 Å². The molecule has 2 atom stereocenters. The van der Waals surface area contributed by atoms with E-state index in [1.54, 1.807) is 6.07 Å². The zero-order chi connectivity index (χ0) is 23.2. The van der Waals surface area contributed by atoms with Crippen LogP contribution >= 0.6 is 0 Å². The summed E-state index contributed by atoms with van der Waals surface area (Å²) in [6, 6.07) is 18.0. The van der Waals surface area contributed by atoms with E-state index in [4.69, 9.17) is 0 Å². The lowest BCUT2D eigenvalue weighted by Gasteiger charge is -2.34. The number of nitrogens with zero attached hydrogens (tertiary/aromatic N) is 2. The number of amides is 1. The summed E-state index contributed by atoms with van der Waals surface area (Å²) in [7, 11) is 0. The summed E-state index contributed by atoms with van der Waals surface area (Å²) in [5.41, 5.74) is 2.38. The molecule has 0 unspecified atom stereocenters. The van der Waals surface area contributed by atoms with Crippen molar-refractivity contribution in [3.8, 4) is 0 Å². The van der Waals surface area contributed by atoms with Crippen LogP contribution in [-0.2, 0) is 0 Å². The molecule has 0 saturated carbocycles. The van der Waals surface area contributed by atoms with Crippen molar-refractivity contribution in [2.24, 2.45) is 0 Å². The maximum atomic E-state index is 13.9. The maximum Gasteiger partial charge on any atom is 0.410 e. The molecule has 3 aromatic carbocycles. The largest absolute Gasteiger partial charge is 0.410 e. The lowest BCUT2D eigenvalue weighted by atomic mass is 9.96. The van der Waals surface area contributed by atoms with Crippen LogP contribution in [-0.4, -0.2) is 21.9 Å². The number of hydrogen-bond donors (Lipinski definition) is 2. The highest BCUT2D eigenvalue weighted by atomic mass is 19.4. The summed E-state index contributed by atoms with van der Waals surface area (Å²) in [5, 5.41) is 11.7.